The van der Waals surface area contributed by atoms with Crippen molar-refractivity contribution in [1.29, 1.82) is 0 Å². The lowest BCUT2D eigenvalue weighted by molar-refractivity contribution is 0.0926. The highest BCUT2D eigenvalue weighted by atomic mass is 35.5. The molecule has 1 aromatic carbocycles. The molecule has 1 aromatic rings. The highest BCUT2D eigenvalue weighted by molar-refractivity contribution is 6.31. The number of benzene rings is 1. The van der Waals surface area contributed by atoms with Gasteiger partial charge in [0.05, 0.1) is 0 Å². The van der Waals surface area contributed by atoms with E-state index in [-0.39, 0.29) is 24.4 Å². The summed E-state index contributed by atoms with van der Waals surface area (Å²) in [5, 5.41) is 3.66. The Labute approximate surface area is 125 Å². The van der Waals surface area contributed by atoms with Crippen LogP contribution in [0, 0.1) is 6.92 Å². The van der Waals surface area contributed by atoms with E-state index < -0.39 is 0 Å². The predicted octanol–water partition coefficient (Wildman–Crippen LogP) is 3.07. The van der Waals surface area contributed by atoms with Gasteiger partial charge >= 0.3 is 0 Å². The van der Waals surface area contributed by atoms with Crippen LogP contribution in [0.2, 0.25) is 5.02 Å². The molecule has 0 saturated heterocycles. The second-order valence-corrected chi connectivity index (χ2v) is 5.54. The molecule has 0 heterocycles. The number of rotatable bonds is 2. The van der Waals surface area contributed by atoms with Crippen LogP contribution >= 0.6 is 24.0 Å². The Bertz CT molecular complexity index is 423. The first kappa shape index (κ1) is 16.3. The molecular weight excluding hydrogens is 283 g/mol. The van der Waals surface area contributed by atoms with Crippen LogP contribution in [0.15, 0.2) is 18.2 Å². The van der Waals surface area contributed by atoms with Gasteiger partial charge < -0.3 is 11.1 Å². The zero-order chi connectivity index (χ0) is 13.1. The molecule has 0 bridgehead atoms. The van der Waals surface area contributed by atoms with E-state index in [0.717, 1.165) is 31.2 Å². The second-order valence-electron chi connectivity index (χ2n) is 5.10. The Morgan fingerprint density at radius 1 is 1.26 bits per heavy atom. The number of amides is 1. The lowest BCUT2D eigenvalue weighted by atomic mass is 9.91. The molecule has 3 nitrogen and oxygen atoms in total. The average Bonchev–Trinajstić information content (AvgIpc) is 2.31. The molecule has 0 radical (unpaired) electrons. The molecule has 1 saturated carbocycles. The third-order valence-electron chi connectivity index (χ3n) is 3.41. The van der Waals surface area contributed by atoms with Crippen LogP contribution in [0.5, 0.6) is 0 Å². The van der Waals surface area contributed by atoms with Crippen molar-refractivity contribution in [2.75, 3.05) is 0 Å². The van der Waals surface area contributed by atoms with Crippen molar-refractivity contribution in [3.05, 3.63) is 34.3 Å². The van der Waals surface area contributed by atoms with Gasteiger partial charge in [-0.2, -0.15) is 0 Å². The smallest absolute Gasteiger partial charge is 0.251 e. The van der Waals surface area contributed by atoms with E-state index in [4.69, 9.17) is 17.3 Å². The standard InChI is InChI=1S/C14H19ClN2O.ClH/c1-9-6-10(8-11(15)7-9)14(18)17-13-4-2-12(16)3-5-13;/h6-8,12-13H,2-5,16H2,1H3,(H,17,18);1H. The molecule has 1 aliphatic carbocycles. The molecule has 3 N–H and O–H groups in total. The fraction of sp³-hybridized carbons (Fsp3) is 0.500. The summed E-state index contributed by atoms with van der Waals surface area (Å²) in [5.74, 6) is -0.0407. The monoisotopic (exact) mass is 302 g/mol. The van der Waals surface area contributed by atoms with E-state index in [0.29, 0.717) is 16.6 Å². The Balaban J connectivity index is 0.00000180. The second kappa shape index (κ2) is 7.13. The minimum Gasteiger partial charge on any atom is -0.349 e. The van der Waals surface area contributed by atoms with Gasteiger partial charge in [0.25, 0.3) is 5.91 Å². The van der Waals surface area contributed by atoms with Crippen LogP contribution in [-0.4, -0.2) is 18.0 Å². The number of hydrogen-bond donors (Lipinski definition) is 2. The lowest BCUT2D eigenvalue weighted by Gasteiger charge is -2.26. The molecule has 0 aromatic heterocycles. The fourth-order valence-electron chi connectivity index (χ4n) is 2.40. The zero-order valence-electron chi connectivity index (χ0n) is 11.0. The highest BCUT2D eigenvalue weighted by Gasteiger charge is 2.20. The molecule has 0 atom stereocenters. The first-order chi connectivity index (χ1) is 8.54. The molecule has 0 spiro atoms. The zero-order valence-corrected chi connectivity index (χ0v) is 12.6. The van der Waals surface area contributed by atoms with Crippen LogP contribution < -0.4 is 11.1 Å². The minimum absolute atomic E-state index is 0. The minimum atomic E-state index is -0.0407. The van der Waals surface area contributed by atoms with Crippen molar-refractivity contribution < 1.29 is 4.79 Å². The maximum atomic E-state index is 12.1. The molecule has 1 amide bonds. The molecule has 0 aliphatic heterocycles. The van der Waals surface area contributed by atoms with Crippen molar-refractivity contribution in [2.24, 2.45) is 5.73 Å². The van der Waals surface area contributed by atoms with E-state index in [1.165, 1.54) is 0 Å². The van der Waals surface area contributed by atoms with E-state index in [2.05, 4.69) is 5.32 Å². The Morgan fingerprint density at radius 2 is 1.89 bits per heavy atom. The SMILES string of the molecule is Cc1cc(Cl)cc(C(=O)NC2CCC(N)CC2)c1.Cl. The first-order valence-electron chi connectivity index (χ1n) is 6.38. The maximum absolute atomic E-state index is 12.1. The van der Waals surface area contributed by atoms with Crippen molar-refractivity contribution in [1.82, 2.24) is 5.32 Å². The number of halogens is 2. The Morgan fingerprint density at radius 3 is 2.47 bits per heavy atom. The summed E-state index contributed by atoms with van der Waals surface area (Å²) in [6.45, 7) is 1.93. The molecule has 0 unspecified atom stereocenters. The summed E-state index contributed by atoms with van der Waals surface area (Å²) >= 11 is 5.96. The van der Waals surface area contributed by atoms with Crippen LogP contribution in [0.1, 0.15) is 41.6 Å². The van der Waals surface area contributed by atoms with Gasteiger partial charge in [0.2, 0.25) is 0 Å². The van der Waals surface area contributed by atoms with Gasteiger partial charge in [-0.3, -0.25) is 4.79 Å². The largest absolute Gasteiger partial charge is 0.349 e. The van der Waals surface area contributed by atoms with Gasteiger partial charge in [0, 0.05) is 22.7 Å². The number of nitrogens with one attached hydrogen (secondary N) is 1. The Kier molecular flexibility index (Phi) is 6.11. The van der Waals surface area contributed by atoms with Gasteiger partial charge in [-0.05, 0) is 56.4 Å². The van der Waals surface area contributed by atoms with Gasteiger partial charge in [-0.25, -0.2) is 0 Å². The number of aryl methyl sites for hydroxylation is 1. The molecule has 1 fully saturated rings. The summed E-state index contributed by atoms with van der Waals surface area (Å²) < 4.78 is 0. The van der Waals surface area contributed by atoms with E-state index in [1.54, 1.807) is 6.07 Å². The number of nitrogens with two attached hydrogens (primary N) is 1. The number of hydrogen-bond acceptors (Lipinski definition) is 2. The topological polar surface area (TPSA) is 55.1 Å². The summed E-state index contributed by atoms with van der Waals surface area (Å²) in [5.41, 5.74) is 7.48. The fourth-order valence-corrected chi connectivity index (χ4v) is 2.69. The first-order valence-corrected chi connectivity index (χ1v) is 6.76. The summed E-state index contributed by atoms with van der Waals surface area (Å²) in [7, 11) is 0. The van der Waals surface area contributed by atoms with Crippen LogP contribution in [0.4, 0.5) is 0 Å². The van der Waals surface area contributed by atoms with Crippen LogP contribution in [0.3, 0.4) is 0 Å². The van der Waals surface area contributed by atoms with Gasteiger partial charge in [-0.15, -0.1) is 12.4 Å². The highest BCUT2D eigenvalue weighted by Crippen LogP contribution is 2.19. The summed E-state index contributed by atoms with van der Waals surface area (Å²) in [6.07, 6.45) is 3.90. The molecule has 2 rings (SSSR count). The summed E-state index contributed by atoms with van der Waals surface area (Å²) in [4.78, 5) is 12.1. The molecule has 5 heteroatoms. The van der Waals surface area contributed by atoms with Crippen molar-refractivity contribution >= 4 is 29.9 Å². The van der Waals surface area contributed by atoms with E-state index in [1.807, 2.05) is 19.1 Å². The molecule has 106 valence electrons. The van der Waals surface area contributed by atoms with Crippen molar-refractivity contribution in [3.8, 4) is 0 Å². The van der Waals surface area contributed by atoms with Crippen molar-refractivity contribution in [2.45, 2.75) is 44.7 Å². The predicted molar refractivity (Wildman–Crippen MR) is 81.1 cm³/mol. The molecule has 19 heavy (non-hydrogen) atoms. The average molecular weight is 303 g/mol. The van der Waals surface area contributed by atoms with Crippen molar-refractivity contribution in [3.63, 3.8) is 0 Å². The maximum Gasteiger partial charge on any atom is 0.251 e. The molecule has 1 aliphatic rings. The van der Waals surface area contributed by atoms with Gasteiger partial charge in [-0.1, -0.05) is 11.6 Å². The molecular formula is C14H20Cl2N2O. The van der Waals surface area contributed by atoms with E-state index >= 15 is 0 Å². The van der Waals surface area contributed by atoms with Gasteiger partial charge in [0.15, 0.2) is 0 Å². The number of carbonyl (C=O) groups excluding carboxylic acids is 1. The normalized spacial score (nSPS) is 22.5. The van der Waals surface area contributed by atoms with Crippen LogP contribution in [0.25, 0.3) is 0 Å². The van der Waals surface area contributed by atoms with Crippen LogP contribution in [-0.2, 0) is 0 Å². The third-order valence-corrected chi connectivity index (χ3v) is 3.63. The van der Waals surface area contributed by atoms with E-state index in [9.17, 15) is 4.79 Å². The Hall–Kier alpha value is -0.770. The lowest BCUT2D eigenvalue weighted by Crippen LogP contribution is -2.40. The summed E-state index contributed by atoms with van der Waals surface area (Å²) in [6, 6.07) is 5.95. The third kappa shape index (κ3) is 4.68. The van der Waals surface area contributed by atoms with Gasteiger partial charge in [0.1, 0.15) is 0 Å². The number of carbonyl (C=O) groups is 1. The quantitative estimate of drug-likeness (QED) is 0.882.